The Bertz CT molecular complexity index is 1940. The van der Waals surface area contributed by atoms with Crippen LogP contribution < -0.4 is 16.0 Å². The van der Waals surface area contributed by atoms with Crippen LogP contribution in [-0.2, 0) is 0 Å². The topological polar surface area (TPSA) is 126 Å². The average molecular weight is 557 g/mol. The van der Waals surface area contributed by atoms with E-state index in [1.807, 2.05) is 39.1 Å². The Morgan fingerprint density at radius 2 is 1.90 bits per heavy atom. The van der Waals surface area contributed by atoms with Crippen molar-refractivity contribution in [3.05, 3.63) is 81.9 Å². The van der Waals surface area contributed by atoms with Crippen LogP contribution >= 0.6 is 11.3 Å². The lowest BCUT2D eigenvalue weighted by Gasteiger charge is -2.17. The first-order valence-electron chi connectivity index (χ1n) is 12.6. The van der Waals surface area contributed by atoms with E-state index >= 15 is 0 Å². The zero-order valence-corrected chi connectivity index (χ0v) is 23.0. The second kappa shape index (κ2) is 9.79. The minimum atomic E-state index is -0.583. The molecule has 5 aromatic heterocycles. The normalized spacial score (nSPS) is 12.4. The Hall–Kier alpha value is -4.71. The Kier molecular flexibility index (Phi) is 6.26. The molecule has 6 rings (SSSR count). The van der Waals surface area contributed by atoms with Crippen LogP contribution in [0.1, 0.15) is 38.2 Å². The van der Waals surface area contributed by atoms with Crippen LogP contribution in [0.25, 0.3) is 38.4 Å². The fraction of sp³-hybridized carbons (Fsp3) is 0.214. The van der Waals surface area contributed by atoms with E-state index in [1.165, 1.54) is 29.8 Å². The summed E-state index contributed by atoms with van der Waals surface area (Å²) >= 11 is 1.36. The Labute approximate surface area is 232 Å². The SMILES string of the molecule is Cc1csc2nc([C@H](C)n3nc(-c4ccc(OC(C)C)nc4)c4c(N)ncnc43)c(-c3cccc(F)c3)c(=O)n12. The Balaban J connectivity index is 1.57. The van der Waals surface area contributed by atoms with Crippen molar-refractivity contribution in [3.63, 3.8) is 0 Å². The fourth-order valence-corrected chi connectivity index (χ4v) is 5.60. The van der Waals surface area contributed by atoms with Gasteiger partial charge in [-0.1, -0.05) is 12.1 Å². The molecular weight excluding hydrogens is 531 g/mol. The molecule has 0 saturated heterocycles. The summed E-state index contributed by atoms with van der Waals surface area (Å²) in [5.41, 5.74) is 9.62. The minimum absolute atomic E-state index is 0.0170. The maximum atomic E-state index is 14.3. The van der Waals surface area contributed by atoms with Crippen LogP contribution in [0.4, 0.5) is 10.2 Å². The smallest absolute Gasteiger partial charge is 0.266 e. The van der Waals surface area contributed by atoms with E-state index in [9.17, 15) is 9.18 Å². The lowest BCUT2D eigenvalue weighted by Crippen LogP contribution is -2.23. The molecule has 0 saturated carbocycles. The summed E-state index contributed by atoms with van der Waals surface area (Å²) in [4.78, 5) is 32.3. The largest absolute Gasteiger partial charge is 0.475 e. The van der Waals surface area contributed by atoms with Gasteiger partial charge in [-0.3, -0.25) is 9.20 Å². The maximum Gasteiger partial charge on any atom is 0.266 e. The van der Waals surface area contributed by atoms with Crippen molar-refractivity contribution < 1.29 is 9.13 Å². The van der Waals surface area contributed by atoms with Gasteiger partial charge in [-0.15, -0.1) is 11.3 Å². The molecule has 0 aliphatic carbocycles. The maximum absolute atomic E-state index is 14.3. The number of nitrogens with zero attached hydrogens (tertiary/aromatic N) is 7. The quantitative estimate of drug-likeness (QED) is 0.302. The van der Waals surface area contributed by atoms with Crippen molar-refractivity contribution in [3.8, 4) is 28.3 Å². The van der Waals surface area contributed by atoms with Crippen LogP contribution in [0.2, 0.25) is 0 Å². The number of fused-ring (bicyclic) bond motifs is 2. The number of benzene rings is 1. The second-order valence-corrected chi connectivity index (χ2v) is 10.5. The molecule has 6 aromatic rings. The highest BCUT2D eigenvalue weighted by Gasteiger charge is 2.27. The van der Waals surface area contributed by atoms with Gasteiger partial charge in [0.05, 0.1) is 28.8 Å². The number of pyridine rings is 1. The van der Waals surface area contributed by atoms with Crippen LogP contribution in [-0.4, -0.2) is 40.2 Å². The number of halogens is 1. The van der Waals surface area contributed by atoms with Gasteiger partial charge in [0.2, 0.25) is 5.88 Å². The zero-order chi connectivity index (χ0) is 28.1. The standard InChI is InChI=1S/C28H25FN8O2S/c1-14(2)39-20-9-8-18(11-31-20)24-22-25(30)32-13-33-26(22)37(35-24)16(4)23-21(17-6-5-7-19(29)10-17)27(38)36-15(3)12-40-28(36)34-23/h5-14,16H,1-4H3,(H2,30,32,33)/t16-/m0/s1. The van der Waals surface area contributed by atoms with Gasteiger partial charge in [0.1, 0.15) is 23.7 Å². The molecule has 40 heavy (non-hydrogen) atoms. The number of thiazole rings is 1. The molecule has 0 spiro atoms. The minimum Gasteiger partial charge on any atom is -0.475 e. The van der Waals surface area contributed by atoms with Crippen molar-refractivity contribution in [2.75, 3.05) is 5.73 Å². The van der Waals surface area contributed by atoms with Crippen LogP contribution in [0, 0.1) is 12.7 Å². The molecule has 2 N–H and O–H groups in total. The number of hydrogen-bond donors (Lipinski definition) is 1. The molecule has 0 aliphatic heterocycles. The van der Waals surface area contributed by atoms with Crippen molar-refractivity contribution >= 4 is 33.1 Å². The molecule has 0 unspecified atom stereocenters. The van der Waals surface area contributed by atoms with Gasteiger partial charge in [-0.25, -0.2) is 29.0 Å². The first kappa shape index (κ1) is 25.6. The third-order valence-electron chi connectivity index (χ3n) is 6.53. The highest BCUT2D eigenvalue weighted by atomic mass is 32.1. The van der Waals surface area contributed by atoms with Gasteiger partial charge >= 0.3 is 0 Å². The van der Waals surface area contributed by atoms with Crippen LogP contribution in [0.5, 0.6) is 5.88 Å². The number of anilines is 1. The highest BCUT2D eigenvalue weighted by Crippen LogP contribution is 2.35. The van der Waals surface area contributed by atoms with E-state index in [-0.39, 0.29) is 23.0 Å². The summed E-state index contributed by atoms with van der Waals surface area (Å²) < 4.78 is 23.2. The first-order valence-corrected chi connectivity index (χ1v) is 13.5. The summed E-state index contributed by atoms with van der Waals surface area (Å²) in [6, 6.07) is 8.97. The number of aryl methyl sites for hydroxylation is 1. The molecule has 0 bridgehead atoms. The molecule has 12 heteroatoms. The van der Waals surface area contributed by atoms with Crippen molar-refractivity contribution in [2.24, 2.45) is 0 Å². The lowest BCUT2D eigenvalue weighted by atomic mass is 10.0. The van der Waals surface area contributed by atoms with E-state index in [4.69, 9.17) is 20.6 Å². The van der Waals surface area contributed by atoms with Crippen molar-refractivity contribution in [1.29, 1.82) is 0 Å². The predicted octanol–water partition coefficient (Wildman–Crippen LogP) is 5.05. The van der Waals surface area contributed by atoms with E-state index < -0.39 is 11.9 Å². The molecule has 0 aliphatic rings. The number of nitrogen functional groups attached to an aromatic ring is 1. The van der Waals surface area contributed by atoms with Gasteiger partial charge in [-0.2, -0.15) is 5.10 Å². The first-order chi connectivity index (χ1) is 19.2. The van der Waals surface area contributed by atoms with Crippen LogP contribution in [0.3, 0.4) is 0 Å². The van der Waals surface area contributed by atoms with Gasteiger partial charge in [0.25, 0.3) is 5.56 Å². The van der Waals surface area contributed by atoms with Gasteiger partial charge < -0.3 is 10.5 Å². The van der Waals surface area contributed by atoms with Crippen LogP contribution in [0.15, 0.2) is 59.1 Å². The summed E-state index contributed by atoms with van der Waals surface area (Å²) in [7, 11) is 0. The Morgan fingerprint density at radius 3 is 2.62 bits per heavy atom. The second-order valence-electron chi connectivity index (χ2n) is 9.66. The molecule has 0 radical (unpaired) electrons. The van der Waals surface area contributed by atoms with E-state index in [0.29, 0.717) is 44.4 Å². The van der Waals surface area contributed by atoms with E-state index in [1.54, 1.807) is 33.5 Å². The van der Waals surface area contributed by atoms with Gasteiger partial charge in [0, 0.05) is 28.9 Å². The van der Waals surface area contributed by atoms with Crippen molar-refractivity contribution in [1.82, 2.24) is 34.1 Å². The summed E-state index contributed by atoms with van der Waals surface area (Å²) in [5.74, 6) is 0.292. The van der Waals surface area contributed by atoms with Gasteiger partial charge in [-0.05, 0) is 51.5 Å². The monoisotopic (exact) mass is 556 g/mol. The molecule has 10 nitrogen and oxygen atoms in total. The number of rotatable bonds is 6. The molecule has 1 atom stereocenters. The summed E-state index contributed by atoms with van der Waals surface area (Å²) in [6.07, 6.45) is 3.01. The average Bonchev–Trinajstić information content (AvgIpc) is 3.50. The van der Waals surface area contributed by atoms with Gasteiger partial charge in [0.15, 0.2) is 10.6 Å². The van der Waals surface area contributed by atoms with E-state index in [2.05, 4.69) is 15.0 Å². The molecule has 0 fully saturated rings. The zero-order valence-electron chi connectivity index (χ0n) is 22.2. The highest BCUT2D eigenvalue weighted by molar-refractivity contribution is 7.15. The number of hydrogen-bond acceptors (Lipinski definition) is 9. The molecule has 1 aromatic carbocycles. The number of nitrogens with two attached hydrogens (primary N) is 1. The third kappa shape index (κ3) is 4.26. The third-order valence-corrected chi connectivity index (χ3v) is 7.47. The fourth-order valence-electron chi connectivity index (χ4n) is 4.73. The molecule has 202 valence electrons. The van der Waals surface area contributed by atoms with Crippen molar-refractivity contribution in [2.45, 2.75) is 39.8 Å². The molecule has 5 heterocycles. The molecule has 0 amide bonds. The predicted molar refractivity (Wildman–Crippen MR) is 152 cm³/mol. The number of ether oxygens (including phenoxy) is 1. The summed E-state index contributed by atoms with van der Waals surface area (Å²) in [5, 5.41) is 7.30. The summed E-state index contributed by atoms with van der Waals surface area (Å²) in [6.45, 7) is 7.56. The Morgan fingerprint density at radius 1 is 1.07 bits per heavy atom. The number of aromatic nitrogens is 7. The van der Waals surface area contributed by atoms with E-state index in [0.717, 1.165) is 5.69 Å². The lowest BCUT2D eigenvalue weighted by molar-refractivity contribution is 0.232. The molecular formula is C28H25FN8O2S.